The predicted octanol–water partition coefficient (Wildman–Crippen LogP) is 4.75. The molecule has 2 aromatic carbocycles. The van der Waals surface area contributed by atoms with Gasteiger partial charge in [-0.15, -0.1) is 0 Å². The molecule has 2 aromatic rings. The molecule has 0 saturated heterocycles. The molecule has 0 aliphatic heterocycles. The summed E-state index contributed by atoms with van der Waals surface area (Å²) in [6.07, 6.45) is 0. The highest BCUT2D eigenvalue weighted by atomic mass is 15.1. The van der Waals surface area contributed by atoms with Crippen LogP contribution in [0.4, 0.5) is 11.4 Å². The van der Waals surface area contributed by atoms with Gasteiger partial charge in [-0.25, -0.2) is 0 Å². The first kappa shape index (κ1) is 16.4. The van der Waals surface area contributed by atoms with E-state index in [-0.39, 0.29) is 0 Å². The maximum atomic E-state index is 2.38. The van der Waals surface area contributed by atoms with Gasteiger partial charge in [0.2, 0.25) is 0 Å². The van der Waals surface area contributed by atoms with Crippen molar-refractivity contribution in [2.75, 3.05) is 37.0 Å². The van der Waals surface area contributed by atoms with Gasteiger partial charge in [-0.1, -0.05) is 31.2 Å². The summed E-state index contributed by atoms with van der Waals surface area (Å²) in [6.45, 7) is 8.78. The monoisotopic (exact) mass is 296 g/mol. The van der Waals surface area contributed by atoms with Gasteiger partial charge in [0, 0.05) is 44.5 Å². The average molecular weight is 296 g/mol. The molecule has 0 N–H and O–H groups in total. The van der Waals surface area contributed by atoms with Crippen molar-refractivity contribution >= 4 is 11.4 Å². The minimum atomic E-state index is 0.418. The quantitative estimate of drug-likeness (QED) is 0.759. The Morgan fingerprint density at radius 2 is 1.14 bits per heavy atom. The minimum absolute atomic E-state index is 0.418. The van der Waals surface area contributed by atoms with Crippen molar-refractivity contribution < 1.29 is 0 Å². The molecular weight excluding hydrogens is 268 g/mol. The van der Waals surface area contributed by atoms with E-state index in [2.05, 4.69) is 93.2 Å². The molecule has 0 heterocycles. The highest BCUT2D eigenvalue weighted by Crippen LogP contribution is 2.27. The fourth-order valence-electron chi connectivity index (χ4n) is 2.82. The second kappa shape index (κ2) is 7.35. The molecule has 0 aliphatic carbocycles. The minimum Gasteiger partial charge on any atom is -0.378 e. The summed E-state index contributed by atoms with van der Waals surface area (Å²) < 4.78 is 0. The molecule has 1 unspecified atom stereocenters. The molecular formula is C20H28N2. The van der Waals surface area contributed by atoms with Crippen LogP contribution in [0, 0.1) is 0 Å². The van der Waals surface area contributed by atoms with Crippen LogP contribution in [0.1, 0.15) is 37.8 Å². The van der Waals surface area contributed by atoms with E-state index in [1.807, 2.05) is 0 Å². The molecule has 0 fully saturated rings. The van der Waals surface area contributed by atoms with E-state index >= 15 is 0 Å². The molecule has 0 saturated carbocycles. The average Bonchev–Trinajstić information content (AvgIpc) is 2.56. The molecule has 0 aliphatic rings. The van der Waals surface area contributed by atoms with Gasteiger partial charge in [0.25, 0.3) is 0 Å². The van der Waals surface area contributed by atoms with Gasteiger partial charge in [0.05, 0.1) is 0 Å². The number of rotatable bonds is 6. The van der Waals surface area contributed by atoms with Crippen molar-refractivity contribution in [1.82, 2.24) is 0 Å². The smallest absolute Gasteiger partial charge is 0.0366 e. The maximum Gasteiger partial charge on any atom is 0.0366 e. The normalized spacial score (nSPS) is 12.0. The lowest BCUT2D eigenvalue weighted by molar-refractivity contribution is 0.863. The molecule has 0 radical (unpaired) electrons. The summed E-state index contributed by atoms with van der Waals surface area (Å²) in [5.74, 6) is 0.418. The Morgan fingerprint density at radius 1 is 0.727 bits per heavy atom. The van der Waals surface area contributed by atoms with Gasteiger partial charge in [0.15, 0.2) is 0 Å². The summed E-state index contributed by atoms with van der Waals surface area (Å²) >= 11 is 0. The zero-order valence-corrected chi connectivity index (χ0v) is 14.5. The summed E-state index contributed by atoms with van der Waals surface area (Å²) in [4.78, 5) is 4.51. The van der Waals surface area contributed by atoms with E-state index in [4.69, 9.17) is 0 Å². The van der Waals surface area contributed by atoms with E-state index in [1.54, 1.807) is 0 Å². The Hall–Kier alpha value is -1.96. The molecule has 0 spiro atoms. The molecule has 22 heavy (non-hydrogen) atoms. The van der Waals surface area contributed by atoms with Crippen molar-refractivity contribution in [3.63, 3.8) is 0 Å². The number of hydrogen-bond donors (Lipinski definition) is 0. The standard InChI is InChI=1S/C20H28N2/c1-6-22(7-2)20-14-10-18(11-15-20)16(3)17-8-12-19(13-9-17)21(4)5/h8-16H,6-7H2,1-5H3. The maximum absolute atomic E-state index is 2.38. The predicted molar refractivity (Wildman–Crippen MR) is 98.3 cm³/mol. The van der Waals surface area contributed by atoms with Crippen LogP contribution in [0.2, 0.25) is 0 Å². The fraction of sp³-hybridized carbons (Fsp3) is 0.400. The highest BCUT2D eigenvalue weighted by molar-refractivity contribution is 5.50. The third-order valence-electron chi connectivity index (χ3n) is 4.43. The van der Waals surface area contributed by atoms with E-state index in [1.165, 1.54) is 22.5 Å². The highest BCUT2D eigenvalue weighted by Gasteiger charge is 2.09. The van der Waals surface area contributed by atoms with Gasteiger partial charge >= 0.3 is 0 Å². The van der Waals surface area contributed by atoms with Crippen LogP contribution >= 0.6 is 0 Å². The van der Waals surface area contributed by atoms with Crippen molar-refractivity contribution in [2.24, 2.45) is 0 Å². The third-order valence-corrected chi connectivity index (χ3v) is 4.43. The second-order valence-corrected chi connectivity index (χ2v) is 5.97. The Morgan fingerprint density at radius 3 is 1.50 bits per heavy atom. The first-order valence-electron chi connectivity index (χ1n) is 8.19. The number of nitrogens with zero attached hydrogens (tertiary/aromatic N) is 2. The zero-order valence-electron chi connectivity index (χ0n) is 14.5. The first-order valence-corrected chi connectivity index (χ1v) is 8.19. The number of anilines is 2. The first-order chi connectivity index (χ1) is 10.6. The summed E-state index contributed by atoms with van der Waals surface area (Å²) in [5.41, 5.74) is 5.28. The third kappa shape index (κ3) is 3.62. The van der Waals surface area contributed by atoms with Gasteiger partial charge in [-0.3, -0.25) is 0 Å². The molecule has 2 heteroatoms. The number of hydrogen-bond acceptors (Lipinski definition) is 2. The van der Waals surface area contributed by atoms with Gasteiger partial charge in [0.1, 0.15) is 0 Å². The lowest BCUT2D eigenvalue weighted by Gasteiger charge is -2.22. The Kier molecular flexibility index (Phi) is 5.48. The van der Waals surface area contributed by atoms with Crippen LogP contribution in [0.15, 0.2) is 48.5 Å². The largest absolute Gasteiger partial charge is 0.378 e. The summed E-state index contributed by atoms with van der Waals surface area (Å²) in [5, 5.41) is 0. The van der Waals surface area contributed by atoms with E-state index < -0.39 is 0 Å². The van der Waals surface area contributed by atoms with E-state index in [0.717, 1.165) is 13.1 Å². The van der Waals surface area contributed by atoms with E-state index in [9.17, 15) is 0 Å². The molecule has 0 amide bonds. The lowest BCUT2D eigenvalue weighted by atomic mass is 9.93. The van der Waals surface area contributed by atoms with Crippen LogP contribution in [0.25, 0.3) is 0 Å². The number of benzene rings is 2. The van der Waals surface area contributed by atoms with Crippen molar-refractivity contribution in [3.8, 4) is 0 Å². The zero-order chi connectivity index (χ0) is 16.1. The Balaban J connectivity index is 2.17. The molecule has 118 valence electrons. The van der Waals surface area contributed by atoms with Crippen LogP contribution in [-0.2, 0) is 0 Å². The van der Waals surface area contributed by atoms with E-state index in [0.29, 0.717) is 5.92 Å². The second-order valence-electron chi connectivity index (χ2n) is 5.97. The van der Waals surface area contributed by atoms with Crippen LogP contribution < -0.4 is 9.80 Å². The lowest BCUT2D eigenvalue weighted by Crippen LogP contribution is -2.21. The van der Waals surface area contributed by atoms with Crippen LogP contribution in [0.3, 0.4) is 0 Å². The molecule has 0 bridgehead atoms. The van der Waals surface area contributed by atoms with Gasteiger partial charge in [-0.05, 0) is 49.2 Å². The fourth-order valence-corrected chi connectivity index (χ4v) is 2.82. The Labute approximate surface area is 135 Å². The molecule has 2 rings (SSSR count). The summed E-state index contributed by atoms with van der Waals surface area (Å²) in [7, 11) is 4.15. The molecule has 1 atom stereocenters. The van der Waals surface area contributed by atoms with Gasteiger partial charge in [-0.2, -0.15) is 0 Å². The molecule has 0 aromatic heterocycles. The SMILES string of the molecule is CCN(CC)c1ccc(C(C)c2ccc(N(C)C)cc2)cc1. The molecule has 2 nitrogen and oxygen atoms in total. The summed E-state index contributed by atoms with van der Waals surface area (Å²) in [6, 6.07) is 17.9. The van der Waals surface area contributed by atoms with Crippen molar-refractivity contribution in [3.05, 3.63) is 59.7 Å². The van der Waals surface area contributed by atoms with Crippen LogP contribution in [0.5, 0.6) is 0 Å². The van der Waals surface area contributed by atoms with Crippen molar-refractivity contribution in [2.45, 2.75) is 26.7 Å². The van der Waals surface area contributed by atoms with Crippen LogP contribution in [-0.4, -0.2) is 27.2 Å². The van der Waals surface area contributed by atoms with Gasteiger partial charge < -0.3 is 9.80 Å². The Bertz CT molecular complexity index is 566. The van der Waals surface area contributed by atoms with Crippen molar-refractivity contribution in [1.29, 1.82) is 0 Å². The topological polar surface area (TPSA) is 6.48 Å².